The van der Waals surface area contributed by atoms with E-state index in [4.69, 9.17) is 9.47 Å². The number of non-ortho nitro benzene ring substituents is 1. The van der Waals surface area contributed by atoms with E-state index >= 15 is 0 Å². The van der Waals surface area contributed by atoms with Crippen molar-refractivity contribution in [1.29, 1.82) is 0 Å². The molecule has 0 atom stereocenters. The van der Waals surface area contributed by atoms with Crippen LogP contribution in [-0.2, 0) is 10.0 Å². The fourth-order valence-corrected chi connectivity index (χ4v) is 2.91. The lowest BCUT2D eigenvalue weighted by Gasteiger charge is -2.11. The van der Waals surface area contributed by atoms with Gasteiger partial charge in [0.15, 0.2) is 0 Å². The van der Waals surface area contributed by atoms with Crippen molar-refractivity contribution in [1.82, 2.24) is 0 Å². The van der Waals surface area contributed by atoms with Crippen molar-refractivity contribution in [3.8, 4) is 11.5 Å². The van der Waals surface area contributed by atoms with E-state index in [9.17, 15) is 18.5 Å². The van der Waals surface area contributed by atoms with E-state index in [-0.39, 0.29) is 16.3 Å². The first-order chi connectivity index (χ1) is 10.9. The fourth-order valence-electron chi connectivity index (χ4n) is 1.80. The van der Waals surface area contributed by atoms with E-state index in [2.05, 4.69) is 4.72 Å². The molecule has 9 heteroatoms. The first-order valence-electron chi connectivity index (χ1n) is 6.36. The van der Waals surface area contributed by atoms with Crippen LogP contribution in [0, 0.1) is 10.1 Å². The smallest absolute Gasteiger partial charge is 0.269 e. The zero-order chi connectivity index (χ0) is 17.0. The summed E-state index contributed by atoms with van der Waals surface area (Å²) in [4.78, 5) is 9.99. The van der Waals surface area contributed by atoms with E-state index in [1.807, 2.05) is 0 Å². The normalized spacial score (nSPS) is 10.9. The van der Waals surface area contributed by atoms with Gasteiger partial charge in [-0.2, -0.15) is 0 Å². The molecule has 0 amide bonds. The molecule has 0 aliphatic carbocycles. The van der Waals surface area contributed by atoms with Gasteiger partial charge in [-0.25, -0.2) is 8.42 Å². The van der Waals surface area contributed by atoms with Crippen LogP contribution in [-0.4, -0.2) is 27.6 Å². The second-order valence-corrected chi connectivity index (χ2v) is 6.14. The lowest BCUT2D eigenvalue weighted by Crippen LogP contribution is -2.13. The summed E-state index contributed by atoms with van der Waals surface area (Å²) in [5.74, 6) is 0.654. The van der Waals surface area contributed by atoms with Crippen LogP contribution in [0.1, 0.15) is 0 Å². The number of rotatable bonds is 6. The maximum atomic E-state index is 12.4. The molecule has 1 N–H and O–H groups in total. The molecule has 2 aromatic carbocycles. The third-order valence-corrected chi connectivity index (χ3v) is 4.33. The summed E-state index contributed by atoms with van der Waals surface area (Å²) in [7, 11) is -1.07. The number of anilines is 1. The largest absolute Gasteiger partial charge is 0.497 e. The number of methoxy groups -OCH3 is 2. The van der Waals surface area contributed by atoms with Gasteiger partial charge in [0.2, 0.25) is 0 Å². The van der Waals surface area contributed by atoms with Crippen molar-refractivity contribution in [3.63, 3.8) is 0 Å². The van der Waals surface area contributed by atoms with Crippen molar-refractivity contribution < 1.29 is 22.8 Å². The van der Waals surface area contributed by atoms with E-state index < -0.39 is 14.9 Å². The number of nitrogens with one attached hydrogen (secondary N) is 1. The number of nitro groups is 1. The number of nitro benzene ring substituents is 1. The molecular formula is C14H14N2O6S. The second kappa shape index (κ2) is 6.53. The molecule has 2 aromatic rings. The van der Waals surface area contributed by atoms with Gasteiger partial charge in [0.25, 0.3) is 15.7 Å². The molecule has 0 aliphatic rings. The van der Waals surface area contributed by atoms with Gasteiger partial charge in [0.1, 0.15) is 11.5 Å². The van der Waals surface area contributed by atoms with Crippen LogP contribution in [0.3, 0.4) is 0 Å². The van der Waals surface area contributed by atoms with Crippen LogP contribution in [0.5, 0.6) is 11.5 Å². The molecule has 0 saturated heterocycles. The van der Waals surface area contributed by atoms with E-state index in [1.165, 1.54) is 50.6 Å². The van der Waals surface area contributed by atoms with Crippen LogP contribution >= 0.6 is 0 Å². The molecule has 0 bridgehead atoms. The molecule has 2 rings (SSSR count). The minimum absolute atomic E-state index is 0.0490. The van der Waals surface area contributed by atoms with Crippen LogP contribution in [0.2, 0.25) is 0 Å². The Bertz CT molecular complexity index is 795. The lowest BCUT2D eigenvalue weighted by atomic mass is 10.3. The van der Waals surface area contributed by atoms with Crippen molar-refractivity contribution in [2.75, 3.05) is 18.9 Å². The summed E-state index contributed by atoms with van der Waals surface area (Å²) in [6.07, 6.45) is 0. The van der Waals surface area contributed by atoms with Gasteiger partial charge in [-0.3, -0.25) is 14.8 Å². The van der Waals surface area contributed by atoms with Crippen molar-refractivity contribution in [2.45, 2.75) is 4.90 Å². The molecule has 0 saturated carbocycles. The first kappa shape index (κ1) is 16.6. The Kier molecular flexibility index (Phi) is 4.70. The summed E-state index contributed by atoms with van der Waals surface area (Å²) in [6, 6.07) is 9.28. The van der Waals surface area contributed by atoms with Gasteiger partial charge in [-0.15, -0.1) is 0 Å². The summed E-state index contributed by atoms with van der Waals surface area (Å²) in [5, 5.41) is 10.6. The van der Waals surface area contributed by atoms with Crippen LogP contribution in [0.4, 0.5) is 11.4 Å². The molecule has 0 spiro atoms. The van der Waals surface area contributed by atoms with Gasteiger partial charge in [-0.05, 0) is 12.1 Å². The molecule has 0 fully saturated rings. The summed E-state index contributed by atoms with van der Waals surface area (Å²) in [5.41, 5.74) is 0.0772. The van der Waals surface area contributed by atoms with E-state index in [1.54, 1.807) is 6.07 Å². The quantitative estimate of drug-likeness (QED) is 0.640. The monoisotopic (exact) mass is 338 g/mol. The molecule has 0 unspecified atom stereocenters. The highest BCUT2D eigenvalue weighted by molar-refractivity contribution is 7.92. The fraction of sp³-hybridized carbons (Fsp3) is 0.143. The third-order valence-electron chi connectivity index (χ3n) is 2.97. The van der Waals surface area contributed by atoms with Crippen molar-refractivity contribution in [3.05, 3.63) is 52.6 Å². The molecular weight excluding hydrogens is 324 g/mol. The molecule has 23 heavy (non-hydrogen) atoms. The van der Waals surface area contributed by atoms with Gasteiger partial charge < -0.3 is 9.47 Å². The maximum Gasteiger partial charge on any atom is 0.269 e. The summed E-state index contributed by atoms with van der Waals surface area (Å²) >= 11 is 0. The molecule has 0 aromatic heterocycles. The Morgan fingerprint density at radius 3 is 1.96 bits per heavy atom. The van der Waals surface area contributed by atoms with Crippen LogP contribution < -0.4 is 14.2 Å². The Morgan fingerprint density at radius 1 is 1.00 bits per heavy atom. The average molecular weight is 338 g/mol. The van der Waals surface area contributed by atoms with Gasteiger partial charge in [-0.1, -0.05) is 0 Å². The Hall–Kier alpha value is -2.81. The number of hydrogen-bond acceptors (Lipinski definition) is 6. The van der Waals surface area contributed by atoms with Gasteiger partial charge in [0, 0.05) is 36.0 Å². The second-order valence-electron chi connectivity index (χ2n) is 4.46. The minimum Gasteiger partial charge on any atom is -0.497 e. The molecule has 0 heterocycles. The number of hydrogen-bond donors (Lipinski definition) is 1. The van der Waals surface area contributed by atoms with Crippen molar-refractivity contribution >= 4 is 21.4 Å². The topological polar surface area (TPSA) is 108 Å². The molecule has 122 valence electrons. The number of ether oxygens (including phenoxy) is 2. The zero-order valence-electron chi connectivity index (χ0n) is 12.3. The Labute approximate surface area is 132 Å². The Morgan fingerprint density at radius 2 is 1.52 bits per heavy atom. The highest BCUT2D eigenvalue weighted by atomic mass is 32.2. The molecule has 0 radical (unpaired) electrons. The highest BCUT2D eigenvalue weighted by Crippen LogP contribution is 2.27. The SMILES string of the molecule is COc1cc(OC)cc(S(=O)(=O)Nc2ccc([N+](=O)[O-])cc2)c1. The van der Waals surface area contributed by atoms with E-state index in [0.717, 1.165) is 0 Å². The third kappa shape index (κ3) is 3.89. The molecule has 0 aliphatic heterocycles. The average Bonchev–Trinajstić information content (AvgIpc) is 2.54. The van der Waals surface area contributed by atoms with Gasteiger partial charge in [0.05, 0.1) is 24.0 Å². The molecule has 8 nitrogen and oxygen atoms in total. The number of sulfonamides is 1. The number of nitrogens with zero attached hydrogens (tertiary/aromatic N) is 1. The lowest BCUT2D eigenvalue weighted by molar-refractivity contribution is -0.384. The predicted octanol–water partition coefficient (Wildman–Crippen LogP) is 2.41. The van der Waals surface area contributed by atoms with Crippen LogP contribution in [0.25, 0.3) is 0 Å². The maximum absolute atomic E-state index is 12.4. The van der Waals surface area contributed by atoms with Crippen molar-refractivity contribution in [2.24, 2.45) is 0 Å². The number of benzene rings is 2. The zero-order valence-corrected chi connectivity index (χ0v) is 13.2. The predicted molar refractivity (Wildman–Crippen MR) is 83.5 cm³/mol. The standard InChI is InChI=1S/C14H14N2O6S/c1-21-12-7-13(22-2)9-14(8-12)23(19,20)15-10-3-5-11(6-4-10)16(17)18/h3-9,15H,1-2H3. The van der Waals surface area contributed by atoms with E-state index in [0.29, 0.717) is 11.5 Å². The summed E-state index contributed by atoms with van der Waals surface area (Å²) < 4.78 is 37.2. The van der Waals surface area contributed by atoms with Gasteiger partial charge >= 0.3 is 0 Å². The van der Waals surface area contributed by atoms with Crippen LogP contribution in [0.15, 0.2) is 47.4 Å². The summed E-state index contributed by atoms with van der Waals surface area (Å²) in [6.45, 7) is 0. The highest BCUT2D eigenvalue weighted by Gasteiger charge is 2.17. The minimum atomic E-state index is -3.89. The first-order valence-corrected chi connectivity index (χ1v) is 7.84. The Balaban J connectivity index is 2.33.